The van der Waals surface area contributed by atoms with Crippen LogP contribution in [0.15, 0.2) is 10.7 Å². The Morgan fingerprint density at radius 3 is 3.12 bits per heavy atom. The molecule has 0 aromatic carbocycles. The molecule has 1 fully saturated rings. The summed E-state index contributed by atoms with van der Waals surface area (Å²) in [5.41, 5.74) is 0. The van der Waals surface area contributed by atoms with Crippen molar-refractivity contribution in [1.29, 1.82) is 0 Å². The van der Waals surface area contributed by atoms with E-state index >= 15 is 0 Å². The second-order valence-electron chi connectivity index (χ2n) is 4.67. The van der Waals surface area contributed by atoms with Gasteiger partial charge in [-0.1, -0.05) is 0 Å². The van der Waals surface area contributed by atoms with Crippen molar-refractivity contribution in [1.82, 2.24) is 15.1 Å². The Balaban J connectivity index is 1.86. The van der Waals surface area contributed by atoms with Crippen molar-refractivity contribution >= 4 is 21.7 Å². The molecular weight excluding hydrogens is 268 g/mol. The molecule has 2 N–H and O–H groups in total. The predicted molar refractivity (Wildman–Crippen MR) is 67.7 cm³/mol. The van der Waals surface area contributed by atoms with E-state index in [2.05, 4.69) is 36.3 Å². The maximum atomic E-state index is 4.49. The minimum atomic E-state index is 0.565. The normalized spacial score (nSPS) is 29.6. The van der Waals surface area contributed by atoms with Gasteiger partial charge >= 0.3 is 0 Å². The number of anilines is 1. The molecule has 88 valence electrons. The van der Waals surface area contributed by atoms with E-state index in [0.717, 1.165) is 29.3 Å². The summed E-state index contributed by atoms with van der Waals surface area (Å²) in [6.07, 6.45) is 5.71. The number of halogens is 1. The van der Waals surface area contributed by atoms with E-state index < -0.39 is 0 Å². The molecule has 2 atom stereocenters. The molecule has 16 heavy (non-hydrogen) atoms. The maximum Gasteiger partial charge on any atom is 0.139 e. The van der Waals surface area contributed by atoms with Crippen LogP contribution in [-0.2, 0) is 0 Å². The van der Waals surface area contributed by atoms with E-state index in [1.807, 2.05) is 6.20 Å². The van der Waals surface area contributed by atoms with E-state index in [0.29, 0.717) is 6.04 Å². The van der Waals surface area contributed by atoms with Crippen LogP contribution in [0.5, 0.6) is 0 Å². The number of nitrogens with one attached hydrogen (secondary N) is 2. The highest BCUT2D eigenvalue weighted by molar-refractivity contribution is 9.10. The topological polar surface area (TPSA) is 41.9 Å². The van der Waals surface area contributed by atoms with Crippen LogP contribution >= 0.6 is 15.9 Å². The average Bonchev–Trinajstić information content (AvgIpc) is 2.73. The summed E-state index contributed by atoms with van der Waals surface area (Å²) in [6, 6.07) is 0.565. The lowest BCUT2D eigenvalue weighted by Gasteiger charge is -2.34. The highest BCUT2D eigenvalue weighted by Crippen LogP contribution is 2.35. The SMILES string of the molecule is Brc1cnn2c1NCCC2C1CCCNC1. The monoisotopic (exact) mass is 284 g/mol. The third kappa shape index (κ3) is 1.76. The van der Waals surface area contributed by atoms with Crippen molar-refractivity contribution in [3.05, 3.63) is 10.7 Å². The Bertz CT molecular complexity index is 370. The zero-order chi connectivity index (χ0) is 11.0. The van der Waals surface area contributed by atoms with Crippen LogP contribution in [0.1, 0.15) is 25.3 Å². The second-order valence-corrected chi connectivity index (χ2v) is 5.53. The van der Waals surface area contributed by atoms with Gasteiger partial charge in [-0.3, -0.25) is 0 Å². The van der Waals surface area contributed by atoms with Gasteiger partial charge in [0.05, 0.1) is 16.7 Å². The summed E-state index contributed by atoms with van der Waals surface area (Å²) in [7, 11) is 0. The molecule has 2 aliphatic heterocycles. The minimum Gasteiger partial charge on any atom is -0.369 e. The summed E-state index contributed by atoms with van der Waals surface area (Å²) >= 11 is 3.54. The molecular formula is C11H17BrN4. The lowest BCUT2D eigenvalue weighted by molar-refractivity contribution is 0.235. The first-order valence-corrected chi connectivity index (χ1v) is 6.83. The van der Waals surface area contributed by atoms with Crippen molar-refractivity contribution < 1.29 is 0 Å². The molecule has 0 aliphatic carbocycles. The molecule has 1 aromatic heterocycles. The van der Waals surface area contributed by atoms with Gasteiger partial charge in [-0.25, -0.2) is 4.68 Å². The largest absolute Gasteiger partial charge is 0.369 e. The molecule has 3 heterocycles. The van der Waals surface area contributed by atoms with Crippen LogP contribution in [-0.4, -0.2) is 29.4 Å². The number of rotatable bonds is 1. The first-order valence-electron chi connectivity index (χ1n) is 6.04. The first-order chi connectivity index (χ1) is 7.86. The number of hydrogen-bond donors (Lipinski definition) is 2. The van der Waals surface area contributed by atoms with Gasteiger partial charge in [-0.2, -0.15) is 5.10 Å². The smallest absolute Gasteiger partial charge is 0.139 e. The van der Waals surface area contributed by atoms with Gasteiger partial charge in [-0.05, 0) is 54.2 Å². The van der Waals surface area contributed by atoms with Crippen molar-refractivity contribution in [2.24, 2.45) is 5.92 Å². The maximum absolute atomic E-state index is 4.49. The molecule has 0 amide bonds. The third-order valence-corrected chi connectivity index (χ3v) is 4.26. The lowest BCUT2D eigenvalue weighted by Crippen LogP contribution is -2.38. The fraction of sp³-hybridized carbons (Fsp3) is 0.727. The van der Waals surface area contributed by atoms with E-state index in [9.17, 15) is 0 Å². The zero-order valence-corrected chi connectivity index (χ0v) is 10.8. The summed E-state index contributed by atoms with van der Waals surface area (Å²) in [5, 5.41) is 11.4. The van der Waals surface area contributed by atoms with Crippen LogP contribution in [0.25, 0.3) is 0 Å². The van der Waals surface area contributed by atoms with Crippen LogP contribution in [0.3, 0.4) is 0 Å². The van der Waals surface area contributed by atoms with Crippen LogP contribution in [0, 0.1) is 5.92 Å². The molecule has 2 unspecified atom stereocenters. The molecule has 0 radical (unpaired) electrons. The van der Waals surface area contributed by atoms with Gasteiger partial charge < -0.3 is 10.6 Å². The Labute approximate surface area is 104 Å². The van der Waals surface area contributed by atoms with Crippen molar-refractivity contribution in [2.45, 2.75) is 25.3 Å². The van der Waals surface area contributed by atoms with Gasteiger partial charge in [0.1, 0.15) is 5.82 Å². The van der Waals surface area contributed by atoms with Gasteiger partial charge in [0.15, 0.2) is 0 Å². The van der Waals surface area contributed by atoms with E-state index in [1.54, 1.807) is 0 Å². The Kier molecular flexibility index (Phi) is 2.90. The highest BCUT2D eigenvalue weighted by atomic mass is 79.9. The Hall–Kier alpha value is -0.550. The van der Waals surface area contributed by atoms with Crippen LogP contribution < -0.4 is 10.6 Å². The fourth-order valence-electron chi connectivity index (χ4n) is 2.86. The van der Waals surface area contributed by atoms with Gasteiger partial charge in [0.2, 0.25) is 0 Å². The molecule has 3 rings (SSSR count). The number of aromatic nitrogens is 2. The summed E-state index contributed by atoms with van der Waals surface area (Å²) in [5.74, 6) is 1.89. The Morgan fingerprint density at radius 1 is 1.38 bits per heavy atom. The quantitative estimate of drug-likeness (QED) is 0.829. The molecule has 4 nitrogen and oxygen atoms in total. The predicted octanol–water partition coefficient (Wildman–Crippen LogP) is 2.00. The molecule has 5 heteroatoms. The number of fused-ring (bicyclic) bond motifs is 1. The minimum absolute atomic E-state index is 0.565. The van der Waals surface area contributed by atoms with E-state index in [1.165, 1.54) is 25.8 Å². The van der Waals surface area contributed by atoms with Crippen molar-refractivity contribution in [3.63, 3.8) is 0 Å². The van der Waals surface area contributed by atoms with Crippen LogP contribution in [0.2, 0.25) is 0 Å². The molecule has 0 bridgehead atoms. The van der Waals surface area contributed by atoms with Crippen LogP contribution in [0.4, 0.5) is 5.82 Å². The number of nitrogens with zero attached hydrogens (tertiary/aromatic N) is 2. The van der Waals surface area contributed by atoms with Gasteiger partial charge in [0.25, 0.3) is 0 Å². The zero-order valence-electron chi connectivity index (χ0n) is 9.25. The van der Waals surface area contributed by atoms with Gasteiger partial charge in [-0.15, -0.1) is 0 Å². The van der Waals surface area contributed by atoms with Crippen molar-refractivity contribution in [3.8, 4) is 0 Å². The fourth-order valence-corrected chi connectivity index (χ4v) is 3.27. The van der Waals surface area contributed by atoms with E-state index in [4.69, 9.17) is 0 Å². The molecule has 1 saturated heterocycles. The molecule has 0 saturated carbocycles. The molecule has 1 aromatic rings. The number of hydrogen-bond acceptors (Lipinski definition) is 3. The average molecular weight is 285 g/mol. The molecule has 0 spiro atoms. The first kappa shape index (κ1) is 10.6. The second kappa shape index (κ2) is 4.37. The standard InChI is InChI=1S/C11H17BrN4/c12-9-7-15-16-10(3-5-14-11(9)16)8-2-1-4-13-6-8/h7-8,10,13-14H,1-6H2. The lowest BCUT2D eigenvalue weighted by atomic mass is 9.89. The summed E-state index contributed by atoms with van der Waals surface area (Å²) in [4.78, 5) is 0. The van der Waals surface area contributed by atoms with Gasteiger partial charge in [0, 0.05) is 6.54 Å². The van der Waals surface area contributed by atoms with E-state index in [-0.39, 0.29) is 0 Å². The summed E-state index contributed by atoms with van der Waals surface area (Å²) < 4.78 is 3.26. The molecule has 2 aliphatic rings. The number of piperidine rings is 1. The highest BCUT2D eigenvalue weighted by Gasteiger charge is 2.30. The third-order valence-electron chi connectivity index (χ3n) is 3.68. The van der Waals surface area contributed by atoms with Crippen molar-refractivity contribution in [2.75, 3.05) is 25.0 Å². The summed E-state index contributed by atoms with van der Waals surface area (Å²) in [6.45, 7) is 3.38. The Morgan fingerprint density at radius 2 is 2.31 bits per heavy atom.